The average Bonchev–Trinajstić information content (AvgIpc) is 2.37. The zero-order valence-corrected chi connectivity index (χ0v) is 5.70. The van der Waals surface area contributed by atoms with Gasteiger partial charge in [0.1, 0.15) is 0 Å². The van der Waals surface area contributed by atoms with E-state index in [-0.39, 0.29) is 11.9 Å². The van der Waals surface area contributed by atoms with Gasteiger partial charge in [-0.3, -0.25) is 15.5 Å². The van der Waals surface area contributed by atoms with Crippen molar-refractivity contribution in [2.75, 3.05) is 11.6 Å². The van der Waals surface area contributed by atoms with Crippen LogP contribution in [0.4, 0.5) is 0 Å². The zero-order valence-electron chi connectivity index (χ0n) is 4.89. The summed E-state index contributed by atoms with van der Waals surface area (Å²) in [5.41, 5.74) is 2.09. The third kappa shape index (κ3) is 1.57. The minimum Gasteiger partial charge on any atom is -0.296 e. The van der Waals surface area contributed by atoms with Crippen LogP contribution in [-0.2, 0) is 4.79 Å². The molecule has 4 N–H and O–H groups in total. The van der Waals surface area contributed by atoms with Crippen LogP contribution in [-0.4, -0.2) is 23.6 Å². The van der Waals surface area contributed by atoms with Crippen molar-refractivity contribution in [1.29, 1.82) is 0 Å². The first-order chi connectivity index (χ1) is 4.34. The largest absolute Gasteiger partial charge is 0.296 e. The van der Waals surface area contributed by atoms with Crippen molar-refractivity contribution in [3.8, 4) is 0 Å². The minimum atomic E-state index is -0.125. The van der Waals surface area contributed by atoms with E-state index in [1.54, 1.807) is 11.8 Å². The summed E-state index contributed by atoms with van der Waals surface area (Å²) in [5, 5.41) is 2.98. The van der Waals surface area contributed by atoms with Crippen LogP contribution in [0.3, 0.4) is 0 Å². The van der Waals surface area contributed by atoms with E-state index in [1.165, 1.54) is 0 Å². The van der Waals surface area contributed by atoms with Crippen molar-refractivity contribution in [2.24, 2.45) is 5.84 Å². The Kier molecular flexibility index (Phi) is 2.32. The molecule has 1 atom stereocenters. The Morgan fingerprint density at radius 2 is 2.67 bits per heavy atom. The highest BCUT2D eigenvalue weighted by molar-refractivity contribution is 7.99. The summed E-state index contributed by atoms with van der Waals surface area (Å²) in [6.45, 7) is 0. The van der Waals surface area contributed by atoms with Crippen LogP contribution in [0.15, 0.2) is 0 Å². The lowest BCUT2D eigenvalue weighted by molar-refractivity contribution is -0.122. The lowest BCUT2D eigenvalue weighted by atomic mass is 10.3. The smallest absolute Gasteiger partial charge is 0.251 e. The molecule has 0 aromatic rings. The van der Waals surface area contributed by atoms with Gasteiger partial charge in [-0.25, -0.2) is 5.84 Å². The number of hydrogen-bond donors (Lipinski definition) is 3. The SMILES string of the molecule is NNC(=O)[C@@H]1CSCN1. The van der Waals surface area contributed by atoms with Crippen molar-refractivity contribution in [3.05, 3.63) is 0 Å². The lowest BCUT2D eigenvalue weighted by Gasteiger charge is -2.04. The Bertz CT molecular complexity index is 112. The molecule has 0 unspecified atom stereocenters. The number of nitrogens with two attached hydrogens (primary N) is 1. The summed E-state index contributed by atoms with van der Waals surface area (Å²) >= 11 is 1.70. The van der Waals surface area contributed by atoms with Gasteiger partial charge in [-0.15, -0.1) is 11.8 Å². The summed E-state index contributed by atoms with van der Waals surface area (Å²) in [6.07, 6.45) is 0. The molecule has 0 radical (unpaired) electrons. The second-order valence-corrected chi connectivity index (χ2v) is 2.81. The summed E-state index contributed by atoms with van der Waals surface area (Å²) in [6, 6.07) is -0.0833. The van der Waals surface area contributed by atoms with Gasteiger partial charge < -0.3 is 0 Å². The maximum absolute atomic E-state index is 10.7. The van der Waals surface area contributed by atoms with E-state index < -0.39 is 0 Å². The molecule has 4 nitrogen and oxygen atoms in total. The molecule has 0 saturated carbocycles. The van der Waals surface area contributed by atoms with Gasteiger partial charge in [-0.2, -0.15) is 0 Å². The molecule has 1 heterocycles. The zero-order chi connectivity index (χ0) is 6.69. The molecule has 0 spiro atoms. The molecular weight excluding hydrogens is 138 g/mol. The third-order valence-corrected chi connectivity index (χ3v) is 2.11. The molecule has 52 valence electrons. The second kappa shape index (κ2) is 3.05. The van der Waals surface area contributed by atoms with Crippen LogP contribution < -0.4 is 16.6 Å². The van der Waals surface area contributed by atoms with Gasteiger partial charge in [-0.05, 0) is 0 Å². The van der Waals surface area contributed by atoms with Crippen molar-refractivity contribution in [1.82, 2.24) is 10.7 Å². The summed E-state index contributed by atoms with van der Waals surface area (Å²) < 4.78 is 0. The number of hydrazine groups is 1. The Labute approximate surface area is 57.5 Å². The predicted molar refractivity (Wildman–Crippen MR) is 36.6 cm³/mol. The first-order valence-electron chi connectivity index (χ1n) is 2.66. The van der Waals surface area contributed by atoms with Crippen LogP contribution in [0.1, 0.15) is 0 Å². The Morgan fingerprint density at radius 3 is 3.11 bits per heavy atom. The van der Waals surface area contributed by atoms with Gasteiger partial charge in [0, 0.05) is 11.6 Å². The van der Waals surface area contributed by atoms with Gasteiger partial charge in [0.2, 0.25) is 0 Å². The Morgan fingerprint density at radius 1 is 1.89 bits per heavy atom. The first kappa shape index (κ1) is 6.85. The van der Waals surface area contributed by atoms with Crippen LogP contribution >= 0.6 is 11.8 Å². The van der Waals surface area contributed by atoms with Crippen molar-refractivity contribution in [3.63, 3.8) is 0 Å². The fourth-order valence-corrected chi connectivity index (χ4v) is 1.61. The van der Waals surface area contributed by atoms with E-state index >= 15 is 0 Å². The number of carbonyl (C=O) groups is 1. The highest BCUT2D eigenvalue weighted by atomic mass is 32.2. The molecule has 1 rings (SSSR count). The quantitative estimate of drug-likeness (QED) is 0.243. The van der Waals surface area contributed by atoms with Gasteiger partial charge in [0.25, 0.3) is 5.91 Å². The fraction of sp³-hybridized carbons (Fsp3) is 0.750. The first-order valence-corrected chi connectivity index (χ1v) is 3.81. The molecule has 0 aliphatic carbocycles. The summed E-state index contributed by atoms with van der Waals surface area (Å²) in [7, 11) is 0. The van der Waals surface area contributed by atoms with E-state index in [0.29, 0.717) is 0 Å². The number of nitrogens with one attached hydrogen (secondary N) is 2. The Hall–Kier alpha value is -0.260. The van der Waals surface area contributed by atoms with Crippen LogP contribution in [0.2, 0.25) is 0 Å². The molecule has 9 heavy (non-hydrogen) atoms. The highest BCUT2D eigenvalue weighted by Crippen LogP contribution is 2.08. The average molecular weight is 147 g/mol. The number of rotatable bonds is 1. The summed E-state index contributed by atoms with van der Waals surface area (Å²) in [5.74, 6) is 6.45. The Balaban J connectivity index is 2.32. The fourth-order valence-electron chi connectivity index (χ4n) is 0.664. The number of amides is 1. The van der Waals surface area contributed by atoms with E-state index in [9.17, 15) is 4.79 Å². The minimum absolute atomic E-state index is 0.0833. The van der Waals surface area contributed by atoms with Crippen molar-refractivity contribution < 1.29 is 4.79 Å². The summed E-state index contributed by atoms with van der Waals surface area (Å²) in [4.78, 5) is 10.7. The third-order valence-electron chi connectivity index (χ3n) is 1.18. The van der Waals surface area contributed by atoms with Gasteiger partial charge in [-0.1, -0.05) is 0 Å². The molecular formula is C4H9N3OS. The highest BCUT2D eigenvalue weighted by Gasteiger charge is 2.20. The van der Waals surface area contributed by atoms with E-state index in [1.807, 2.05) is 0 Å². The molecule has 1 saturated heterocycles. The monoisotopic (exact) mass is 147 g/mol. The molecule has 1 fully saturated rings. The van der Waals surface area contributed by atoms with Gasteiger partial charge >= 0.3 is 0 Å². The number of thioether (sulfide) groups is 1. The molecule has 1 aliphatic rings. The molecule has 5 heteroatoms. The van der Waals surface area contributed by atoms with Crippen LogP contribution in [0, 0.1) is 0 Å². The maximum Gasteiger partial charge on any atom is 0.251 e. The standard InChI is InChI=1S/C4H9N3OS/c5-7-4(8)3-1-9-2-6-3/h3,6H,1-2,5H2,(H,7,8)/t3-/m0/s1. The van der Waals surface area contributed by atoms with Crippen LogP contribution in [0.25, 0.3) is 0 Å². The number of carbonyl (C=O) groups excluding carboxylic acids is 1. The molecule has 0 bridgehead atoms. The normalized spacial score (nSPS) is 26.1. The van der Waals surface area contributed by atoms with E-state index in [0.717, 1.165) is 11.6 Å². The van der Waals surface area contributed by atoms with Gasteiger partial charge in [0.05, 0.1) is 6.04 Å². The molecule has 0 aromatic heterocycles. The predicted octanol–water partition coefficient (Wildman–Crippen LogP) is -1.36. The van der Waals surface area contributed by atoms with Gasteiger partial charge in [0.15, 0.2) is 0 Å². The van der Waals surface area contributed by atoms with Crippen molar-refractivity contribution in [2.45, 2.75) is 6.04 Å². The van der Waals surface area contributed by atoms with E-state index in [4.69, 9.17) is 5.84 Å². The van der Waals surface area contributed by atoms with Crippen LogP contribution in [0.5, 0.6) is 0 Å². The second-order valence-electron chi connectivity index (χ2n) is 1.78. The molecule has 0 aromatic carbocycles. The molecule has 1 amide bonds. The topological polar surface area (TPSA) is 67.1 Å². The maximum atomic E-state index is 10.7. The van der Waals surface area contributed by atoms with E-state index in [2.05, 4.69) is 10.7 Å². The van der Waals surface area contributed by atoms with Crippen molar-refractivity contribution >= 4 is 17.7 Å². The number of hydrogen-bond acceptors (Lipinski definition) is 4. The lowest BCUT2D eigenvalue weighted by Crippen LogP contribution is -2.45. The molecule has 1 aliphatic heterocycles.